The Balaban J connectivity index is 1.93. The second-order valence-corrected chi connectivity index (χ2v) is 6.17. The number of amides is 3. The first-order valence-electron chi connectivity index (χ1n) is 7.72. The maximum atomic E-state index is 12.1. The molecule has 24 heavy (non-hydrogen) atoms. The number of nitrogens with one attached hydrogen (secondary N) is 3. The maximum Gasteiger partial charge on any atom is 0.319 e. The molecule has 1 saturated carbocycles. The van der Waals surface area contributed by atoms with E-state index in [1.807, 2.05) is 0 Å². The molecule has 0 aromatic heterocycles. The number of benzene rings is 1. The number of hydrogen-bond acceptors (Lipinski definition) is 3. The molecule has 1 aromatic rings. The van der Waals surface area contributed by atoms with Gasteiger partial charge in [-0.2, -0.15) is 0 Å². The second-order valence-electron chi connectivity index (χ2n) is 5.76. The molecular weight excluding hydrogens is 334 g/mol. The van der Waals surface area contributed by atoms with Crippen molar-refractivity contribution >= 4 is 35.2 Å². The molecule has 1 aromatic carbocycles. The van der Waals surface area contributed by atoms with Gasteiger partial charge in [0.2, 0.25) is 0 Å². The van der Waals surface area contributed by atoms with Crippen LogP contribution in [0.2, 0.25) is 5.02 Å². The van der Waals surface area contributed by atoms with Crippen LogP contribution in [0, 0.1) is 5.92 Å². The molecule has 2 rings (SSSR count). The standard InChI is InChI=1S/C16H20ClN3O4/c1-18-14(21)10-4-7-12(17)13(8-10)20-16(24)19-11-5-2-9(3-6-11)15(22)23/h4,7-9,11H,2-3,5-6H2,1H3,(H,18,21)(H,22,23)(H2,19,20,24). The molecule has 0 radical (unpaired) electrons. The van der Waals surface area contributed by atoms with Crippen molar-refractivity contribution in [3.8, 4) is 0 Å². The molecule has 3 amide bonds. The van der Waals surface area contributed by atoms with Gasteiger partial charge in [0.15, 0.2) is 0 Å². The number of carboxylic acid groups (broad SMARTS) is 1. The van der Waals surface area contributed by atoms with Gasteiger partial charge < -0.3 is 21.1 Å². The van der Waals surface area contributed by atoms with Gasteiger partial charge in [0.05, 0.1) is 16.6 Å². The van der Waals surface area contributed by atoms with Gasteiger partial charge in [-0.15, -0.1) is 0 Å². The van der Waals surface area contributed by atoms with Crippen LogP contribution in [0.1, 0.15) is 36.0 Å². The third-order valence-electron chi connectivity index (χ3n) is 4.12. The van der Waals surface area contributed by atoms with Crippen molar-refractivity contribution < 1.29 is 19.5 Å². The molecule has 0 bridgehead atoms. The molecule has 0 heterocycles. The Morgan fingerprint density at radius 3 is 2.42 bits per heavy atom. The number of urea groups is 1. The van der Waals surface area contributed by atoms with Crippen molar-refractivity contribution in [3.05, 3.63) is 28.8 Å². The molecule has 0 unspecified atom stereocenters. The van der Waals surface area contributed by atoms with Gasteiger partial charge in [-0.1, -0.05) is 11.6 Å². The Labute approximate surface area is 144 Å². The first-order valence-corrected chi connectivity index (χ1v) is 8.10. The van der Waals surface area contributed by atoms with Crippen LogP contribution in [0.4, 0.5) is 10.5 Å². The molecule has 0 spiro atoms. The Morgan fingerprint density at radius 2 is 1.83 bits per heavy atom. The lowest BCUT2D eigenvalue weighted by Gasteiger charge is -2.26. The van der Waals surface area contributed by atoms with Gasteiger partial charge in [-0.25, -0.2) is 4.79 Å². The van der Waals surface area contributed by atoms with E-state index in [2.05, 4.69) is 16.0 Å². The molecule has 1 aliphatic rings. The number of carbonyl (C=O) groups is 3. The van der Waals surface area contributed by atoms with E-state index in [9.17, 15) is 14.4 Å². The molecule has 8 heteroatoms. The van der Waals surface area contributed by atoms with Crippen molar-refractivity contribution in [1.82, 2.24) is 10.6 Å². The lowest BCUT2D eigenvalue weighted by atomic mass is 9.86. The molecule has 0 atom stereocenters. The Bertz CT molecular complexity index is 642. The smallest absolute Gasteiger partial charge is 0.319 e. The monoisotopic (exact) mass is 353 g/mol. The van der Waals surface area contributed by atoms with Crippen molar-refractivity contribution in [3.63, 3.8) is 0 Å². The van der Waals surface area contributed by atoms with Gasteiger partial charge in [-0.3, -0.25) is 9.59 Å². The molecular formula is C16H20ClN3O4. The summed E-state index contributed by atoms with van der Waals surface area (Å²) in [6.45, 7) is 0. The SMILES string of the molecule is CNC(=O)c1ccc(Cl)c(NC(=O)NC2CCC(C(=O)O)CC2)c1. The molecule has 0 aliphatic heterocycles. The summed E-state index contributed by atoms with van der Waals surface area (Å²) in [6.07, 6.45) is 2.34. The Morgan fingerprint density at radius 1 is 1.17 bits per heavy atom. The van der Waals surface area contributed by atoms with E-state index in [0.29, 0.717) is 42.0 Å². The summed E-state index contributed by atoms with van der Waals surface area (Å²) in [6, 6.07) is 4.12. The quantitative estimate of drug-likeness (QED) is 0.666. The predicted molar refractivity (Wildman–Crippen MR) is 90.4 cm³/mol. The topological polar surface area (TPSA) is 108 Å². The summed E-state index contributed by atoms with van der Waals surface area (Å²) in [4.78, 5) is 34.7. The van der Waals surface area contributed by atoms with Crippen molar-refractivity contribution in [1.29, 1.82) is 0 Å². The summed E-state index contributed by atoms with van der Waals surface area (Å²) in [5, 5.41) is 17.3. The minimum Gasteiger partial charge on any atom is -0.481 e. The van der Waals surface area contributed by atoms with E-state index in [1.54, 1.807) is 12.1 Å². The average molecular weight is 354 g/mol. The minimum absolute atomic E-state index is 0.0681. The summed E-state index contributed by atoms with van der Waals surface area (Å²) in [7, 11) is 1.52. The molecule has 7 nitrogen and oxygen atoms in total. The highest BCUT2D eigenvalue weighted by Gasteiger charge is 2.26. The molecule has 0 saturated heterocycles. The van der Waals surface area contributed by atoms with Crippen LogP contribution in [0.15, 0.2) is 18.2 Å². The normalized spacial score (nSPS) is 20.1. The lowest BCUT2D eigenvalue weighted by molar-refractivity contribution is -0.142. The zero-order valence-electron chi connectivity index (χ0n) is 13.3. The van der Waals surface area contributed by atoms with Crippen LogP contribution in [0.5, 0.6) is 0 Å². The van der Waals surface area contributed by atoms with Crippen LogP contribution in [-0.4, -0.2) is 36.1 Å². The molecule has 130 valence electrons. The van der Waals surface area contributed by atoms with E-state index < -0.39 is 12.0 Å². The summed E-state index contributed by atoms with van der Waals surface area (Å²) in [5.41, 5.74) is 0.730. The fourth-order valence-corrected chi connectivity index (χ4v) is 2.90. The van der Waals surface area contributed by atoms with E-state index in [0.717, 1.165) is 0 Å². The van der Waals surface area contributed by atoms with E-state index in [4.69, 9.17) is 16.7 Å². The largest absolute Gasteiger partial charge is 0.481 e. The van der Waals surface area contributed by atoms with Crippen molar-refractivity contribution in [2.75, 3.05) is 12.4 Å². The van der Waals surface area contributed by atoms with Crippen LogP contribution >= 0.6 is 11.6 Å². The van der Waals surface area contributed by atoms with Gasteiger partial charge in [0.1, 0.15) is 0 Å². The molecule has 1 aliphatic carbocycles. The summed E-state index contributed by atoms with van der Waals surface area (Å²) >= 11 is 6.05. The number of rotatable bonds is 4. The Kier molecular flexibility index (Phi) is 6.03. The van der Waals surface area contributed by atoms with Gasteiger partial charge in [0, 0.05) is 18.7 Å². The van der Waals surface area contributed by atoms with Crippen LogP contribution in [0.25, 0.3) is 0 Å². The fraction of sp³-hybridized carbons (Fsp3) is 0.438. The molecule has 4 N–H and O–H groups in total. The number of carbonyl (C=O) groups excluding carboxylic acids is 2. The van der Waals surface area contributed by atoms with Gasteiger partial charge in [-0.05, 0) is 43.9 Å². The van der Waals surface area contributed by atoms with E-state index >= 15 is 0 Å². The predicted octanol–water partition coefficient (Wildman–Crippen LogP) is 2.46. The highest BCUT2D eigenvalue weighted by atomic mass is 35.5. The lowest BCUT2D eigenvalue weighted by Crippen LogP contribution is -2.41. The highest BCUT2D eigenvalue weighted by molar-refractivity contribution is 6.33. The third kappa shape index (κ3) is 4.61. The van der Waals surface area contributed by atoms with Gasteiger partial charge in [0.25, 0.3) is 5.91 Å². The number of anilines is 1. The summed E-state index contributed by atoms with van der Waals surface area (Å²) < 4.78 is 0. The Hall–Kier alpha value is -2.28. The van der Waals surface area contributed by atoms with Crippen LogP contribution < -0.4 is 16.0 Å². The fourth-order valence-electron chi connectivity index (χ4n) is 2.74. The zero-order valence-corrected chi connectivity index (χ0v) is 14.0. The first-order chi connectivity index (χ1) is 11.4. The average Bonchev–Trinajstić information content (AvgIpc) is 2.56. The van der Waals surface area contributed by atoms with E-state index in [1.165, 1.54) is 13.1 Å². The summed E-state index contributed by atoms with van der Waals surface area (Å²) in [5.74, 6) is -1.39. The number of aliphatic carboxylic acids is 1. The van der Waals surface area contributed by atoms with Gasteiger partial charge >= 0.3 is 12.0 Å². The maximum absolute atomic E-state index is 12.1. The van der Waals surface area contributed by atoms with E-state index in [-0.39, 0.29) is 17.9 Å². The minimum atomic E-state index is -0.782. The number of hydrogen-bond donors (Lipinski definition) is 4. The number of carboxylic acids is 1. The number of halogens is 1. The first kappa shape index (κ1) is 18.1. The second kappa shape index (κ2) is 8.01. The van der Waals surface area contributed by atoms with Crippen LogP contribution in [0.3, 0.4) is 0 Å². The highest BCUT2D eigenvalue weighted by Crippen LogP contribution is 2.25. The third-order valence-corrected chi connectivity index (χ3v) is 4.45. The van der Waals surface area contributed by atoms with Crippen molar-refractivity contribution in [2.24, 2.45) is 5.92 Å². The zero-order chi connectivity index (χ0) is 17.7. The van der Waals surface area contributed by atoms with Crippen LogP contribution in [-0.2, 0) is 4.79 Å². The molecule has 1 fully saturated rings. The van der Waals surface area contributed by atoms with Crippen molar-refractivity contribution in [2.45, 2.75) is 31.7 Å².